The van der Waals surface area contributed by atoms with Crippen LogP contribution in [0.25, 0.3) is 0 Å². The first-order chi connectivity index (χ1) is 16.3. The van der Waals surface area contributed by atoms with Crippen LogP contribution in [-0.4, -0.2) is 49.1 Å². The Bertz CT molecular complexity index is 1010. The molecule has 2 aromatic rings. The summed E-state index contributed by atoms with van der Waals surface area (Å²) in [5.74, 6) is 1.03. The summed E-state index contributed by atoms with van der Waals surface area (Å²) in [5.41, 5.74) is 4.95. The number of hydrogen-bond acceptors (Lipinski definition) is 4. The van der Waals surface area contributed by atoms with E-state index < -0.39 is 0 Å². The molecule has 3 atom stereocenters. The number of hydrogen-bond donors (Lipinski definition) is 1. The van der Waals surface area contributed by atoms with Gasteiger partial charge in [-0.2, -0.15) is 5.10 Å². The van der Waals surface area contributed by atoms with Crippen molar-refractivity contribution in [2.24, 2.45) is 18.4 Å². The number of carbonyl (C=O) groups is 2. The largest absolute Gasteiger partial charge is 0.483 e. The van der Waals surface area contributed by atoms with Gasteiger partial charge in [0.05, 0.1) is 11.6 Å². The van der Waals surface area contributed by atoms with Gasteiger partial charge in [-0.15, -0.1) is 0 Å². The molecule has 3 aliphatic rings. The van der Waals surface area contributed by atoms with Gasteiger partial charge >= 0.3 is 0 Å². The van der Waals surface area contributed by atoms with E-state index in [1.165, 1.54) is 28.8 Å². The number of benzene rings is 1. The second-order valence-corrected chi connectivity index (χ2v) is 10.6. The van der Waals surface area contributed by atoms with Crippen LogP contribution in [0.15, 0.2) is 30.5 Å². The van der Waals surface area contributed by atoms with Crippen LogP contribution in [0.5, 0.6) is 0 Å². The van der Waals surface area contributed by atoms with E-state index >= 15 is 0 Å². The van der Waals surface area contributed by atoms with E-state index in [0.717, 1.165) is 45.3 Å². The number of carbonyl (C=O) groups excluding carboxylic acids is 1. The van der Waals surface area contributed by atoms with Crippen LogP contribution in [-0.2, 0) is 36.3 Å². The molecule has 0 unspecified atom stereocenters. The van der Waals surface area contributed by atoms with Crippen molar-refractivity contribution in [2.75, 3.05) is 0 Å². The normalized spacial score (nSPS) is 25.4. The van der Waals surface area contributed by atoms with Gasteiger partial charge in [-0.05, 0) is 56.1 Å². The van der Waals surface area contributed by atoms with Crippen molar-refractivity contribution in [3.05, 3.63) is 52.8 Å². The van der Waals surface area contributed by atoms with Crippen molar-refractivity contribution in [3.63, 3.8) is 0 Å². The molecule has 1 N–H and O–H groups in total. The van der Waals surface area contributed by atoms with Crippen molar-refractivity contribution in [2.45, 2.75) is 84.6 Å². The number of amides is 1. The summed E-state index contributed by atoms with van der Waals surface area (Å²) < 4.78 is 1.96. The maximum atomic E-state index is 14.2. The fourth-order valence-corrected chi connectivity index (χ4v) is 6.38. The van der Waals surface area contributed by atoms with Crippen LogP contribution in [0.2, 0.25) is 0 Å². The van der Waals surface area contributed by atoms with Crippen molar-refractivity contribution >= 4 is 12.4 Å². The van der Waals surface area contributed by atoms with Gasteiger partial charge in [0, 0.05) is 50.0 Å². The molecule has 2 saturated heterocycles. The first-order valence-electron chi connectivity index (χ1n) is 12.5. The first kappa shape index (κ1) is 24.5. The molecular weight excluding hydrogens is 428 g/mol. The predicted octanol–water partition coefficient (Wildman–Crippen LogP) is 4.13. The molecule has 1 aromatic carbocycles. The van der Waals surface area contributed by atoms with Gasteiger partial charge in [-0.25, -0.2) is 0 Å². The third kappa shape index (κ3) is 4.38. The highest BCUT2D eigenvalue weighted by Gasteiger charge is 2.60. The average Bonchev–Trinajstić information content (AvgIpc) is 3.57. The lowest BCUT2D eigenvalue weighted by molar-refractivity contribution is -0.145. The average molecular weight is 467 g/mol. The zero-order valence-corrected chi connectivity index (χ0v) is 20.9. The molecule has 184 valence electrons. The van der Waals surface area contributed by atoms with Crippen LogP contribution < -0.4 is 0 Å². The number of aryl methyl sites for hydroxylation is 1. The van der Waals surface area contributed by atoms with Crippen LogP contribution in [0.4, 0.5) is 0 Å². The highest BCUT2D eigenvalue weighted by atomic mass is 16.3. The fourth-order valence-electron chi connectivity index (χ4n) is 6.38. The number of fused-ring (bicyclic) bond motifs is 3. The highest BCUT2D eigenvalue weighted by Crippen LogP contribution is 2.54. The molecule has 2 fully saturated rings. The lowest BCUT2D eigenvalue weighted by Crippen LogP contribution is -2.49. The second kappa shape index (κ2) is 9.90. The molecule has 34 heavy (non-hydrogen) atoms. The predicted molar refractivity (Wildman–Crippen MR) is 131 cm³/mol. The van der Waals surface area contributed by atoms with Crippen LogP contribution >= 0.6 is 0 Å². The summed E-state index contributed by atoms with van der Waals surface area (Å²) in [5, 5.41) is 11.3. The molecule has 4 heterocycles. The molecule has 0 radical (unpaired) electrons. The van der Waals surface area contributed by atoms with E-state index in [1.807, 2.05) is 17.9 Å². The highest BCUT2D eigenvalue weighted by molar-refractivity contribution is 5.85. The lowest BCUT2D eigenvalue weighted by Gasteiger charge is -2.39. The molecule has 3 aliphatic heterocycles. The van der Waals surface area contributed by atoms with Gasteiger partial charge in [0.25, 0.3) is 6.47 Å². The molecule has 2 bridgehead atoms. The third-order valence-electron chi connectivity index (χ3n) is 8.29. The molecule has 1 aromatic heterocycles. The van der Waals surface area contributed by atoms with E-state index in [0.29, 0.717) is 23.9 Å². The summed E-state index contributed by atoms with van der Waals surface area (Å²) >= 11 is 0. The van der Waals surface area contributed by atoms with Crippen LogP contribution in [0.3, 0.4) is 0 Å². The topological polar surface area (TPSA) is 78.7 Å². The van der Waals surface area contributed by atoms with Crippen molar-refractivity contribution in [1.29, 1.82) is 0 Å². The van der Waals surface area contributed by atoms with Crippen molar-refractivity contribution < 1.29 is 14.7 Å². The van der Waals surface area contributed by atoms with Gasteiger partial charge in [0.15, 0.2) is 0 Å². The Kier molecular flexibility index (Phi) is 7.12. The lowest BCUT2D eigenvalue weighted by atomic mass is 9.69. The second-order valence-electron chi connectivity index (χ2n) is 10.6. The summed E-state index contributed by atoms with van der Waals surface area (Å²) in [6.07, 6.45) is 7.54. The minimum atomic E-state index is -0.250. The summed E-state index contributed by atoms with van der Waals surface area (Å²) in [6, 6.07) is 9.43. The number of aromatic nitrogens is 2. The van der Waals surface area contributed by atoms with Crippen LogP contribution in [0, 0.1) is 18.3 Å². The Hall–Kier alpha value is -2.67. The Balaban J connectivity index is 0.000000868. The molecule has 7 heteroatoms. The third-order valence-corrected chi connectivity index (χ3v) is 8.29. The standard InChI is InChI=1S/C26H36N4O.CH2O2/c1-18(2)11-12-26(25(31)29-15-20-7-5-6-8-21(20)16-29)13-23-9-10-24(26)30(23)17-22-14-27-28(4)19(22)3;2-1-3/h5-8,14,18,23-24H,9-13,15-17H2,1-4H3;1H,(H,2,3)/t23-,24+,26+;/m1./s1. The smallest absolute Gasteiger partial charge is 0.290 e. The number of carboxylic acid groups (broad SMARTS) is 1. The molecular formula is C27H38N4O3. The Morgan fingerprint density at radius 3 is 2.44 bits per heavy atom. The van der Waals surface area contributed by atoms with Gasteiger partial charge in [0.1, 0.15) is 0 Å². The minimum Gasteiger partial charge on any atom is -0.483 e. The summed E-state index contributed by atoms with van der Waals surface area (Å²) in [7, 11) is 2.01. The number of rotatable bonds is 6. The van der Waals surface area contributed by atoms with E-state index in [9.17, 15) is 4.79 Å². The fraction of sp³-hybridized carbons (Fsp3) is 0.593. The van der Waals surface area contributed by atoms with Crippen molar-refractivity contribution in [3.8, 4) is 0 Å². The molecule has 0 aliphatic carbocycles. The Labute approximate surface area is 202 Å². The van der Waals surface area contributed by atoms with Crippen molar-refractivity contribution in [1.82, 2.24) is 19.6 Å². The Morgan fingerprint density at radius 1 is 1.24 bits per heavy atom. The summed E-state index contributed by atoms with van der Waals surface area (Å²) in [6.45, 7) is 8.95. The molecule has 0 saturated carbocycles. The van der Waals surface area contributed by atoms with Gasteiger partial charge in [-0.3, -0.25) is 19.2 Å². The van der Waals surface area contributed by atoms with Gasteiger partial charge in [-0.1, -0.05) is 38.1 Å². The SMILES string of the molecule is Cc1c(CN2[C@@H]3CC[C@H]2[C@@](CCC(C)C)(C(=O)N2Cc4ccccc4C2)C3)cnn1C.O=CO. The summed E-state index contributed by atoms with van der Waals surface area (Å²) in [4.78, 5) is 27.4. The van der Waals surface area contributed by atoms with Gasteiger partial charge < -0.3 is 10.0 Å². The van der Waals surface area contributed by atoms with Crippen LogP contribution in [0.1, 0.15) is 68.3 Å². The monoisotopic (exact) mass is 466 g/mol. The zero-order chi connectivity index (χ0) is 24.5. The molecule has 0 spiro atoms. The molecule has 5 rings (SSSR count). The Morgan fingerprint density at radius 2 is 1.88 bits per heavy atom. The first-order valence-corrected chi connectivity index (χ1v) is 12.5. The molecule has 7 nitrogen and oxygen atoms in total. The van der Waals surface area contributed by atoms with E-state index in [1.54, 1.807) is 0 Å². The van der Waals surface area contributed by atoms with E-state index in [2.05, 4.69) is 59.9 Å². The number of nitrogens with zero attached hydrogens (tertiary/aromatic N) is 4. The zero-order valence-electron chi connectivity index (χ0n) is 20.9. The molecule has 1 amide bonds. The van der Waals surface area contributed by atoms with E-state index in [-0.39, 0.29) is 11.9 Å². The maximum Gasteiger partial charge on any atom is 0.290 e. The quantitative estimate of drug-likeness (QED) is 0.648. The maximum absolute atomic E-state index is 14.2. The minimum absolute atomic E-state index is 0.231. The van der Waals surface area contributed by atoms with Gasteiger partial charge in [0.2, 0.25) is 5.91 Å². The van der Waals surface area contributed by atoms with E-state index in [4.69, 9.17) is 9.90 Å².